The van der Waals surface area contributed by atoms with Crippen LogP contribution in [0.3, 0.4) is 0 Å². The van der Waals surface area contributed by atoms with Gasteiger partial charge in [-0.1, -0.05) is 55.1 Å². The van der Waals surface area contributed by atoms with Gasteiger partial charge < -0.3 is 29.1 Å². The van der Waals surface area contributed by atoms with E-state index in [1.165, 1.54) is 4.49 Å². The lowest BCUT2D eigenvalue weighted by atomic mass is 9.54. The Kier molecular flexibility index (Phi) is 8.88. The number of aliphatic hydroxyl groups is 2. The molecule has 0 saturated heterocycles. The standard InChI is InChI=1S/C27H41BF2N2O2/c1-18-15-19(2)26-25(18)22(27-20(3)16-21(4)32(27)28(26,29)30)13-11-9-7-5-6-8-10-12-14-24(34)23(31)17-33/h12,14-16,23-24,26,33-34H,5-11,13,17,31H2,1-4H3/t23-,24+,26?/m0/s1. The van der Waals surface area contributed by atoms with E-state index in [0.29, 0.717) is 5.71 Å². The molecule has 1 unspecified atom stereocenters. The van der Waals surface area contributed by atoms with E-state index in [9.17, 15) is 5.11 Å². The quantitative estimate of drug-likeness (QED) is 0.197. The van der Waals surface area contributed by atoms with Gasteiger partial charge >= 0.3 is 6.84 Å². The molecule has 0 bridgehead atoms. The topological polar surface area (TPSA) is 69.5 Å². The number of aliphatic hydroxyl groups excluding tert-OH is 2. The number of unbranched alkanes of at least 4 members (excludes halogenated alkanes) is 6. The first-order chi connectivity index (χ1) is 16.1. The van der Waals surface area contributed by atoms with Gasteiger partial charge in [-0.15, -0.1) is 0 Å². The maximum Gasteiger partial charge on any atom is 0.625 e. The molecule has 0 aromatic heterocycles. The minimum atomic E-state index is -3.72. The molecule has 188 valence electrons. The fourth-order valence-electron chi connectivity index (χ4n) is 5.86. The van der Waals surface area contributed by atoms with Crippen LogP contribution in [-0.2, 0) is 0 Å². The normalized spacial score (nSPS) is 23.5. The average Bonchev–Trinajstić information content (AvgIpc) is 3.26. The number of fused-ring (bicyclic) bond motifs is 2. The summed E-state index contributed by atoms with van der Waals surface area (Å²) in [5.41, 5.74) is 11.7. The Labute approximate surface area is 203 Å². The molecule has 2 heterocycles. The molecule has 0 saturated carbocycles. The molecule has 0 spiro atoms. The van der Waals surface area contributed by atoms with E-state index < -0.39 is 24.8 Å². The summed E-state index contributed by atoms with van der Waals surface area (Å²) in [4.78, 5) is 0. The third-order valence-corrected chi connectivity index (χ3v) is 7.48. The van der Waals surface area contributed by atoms with Crippen LogP contribution in [0.15, 0.2) is 57.9 Å². The maximum absolute atomic E-state index is 15.6. The highest BCUT2D eigenvalue weighted by Gasteiger charge is 2.59. The molecule has 3 atom stereocenters. The van der Waals surface area contributed by atoms with E-state index in [-0.39, 0.29) is 6.61 Å². The summed E-state index contributed by atoms with van der Waals surface area (Å²) in [6, 6.07) is -0.625. The van der Waals surface area contributed by atoms with Crippen LogP contribution in [0.1, 0.15) is 79.1 Å². The van der Waals surface area contributed by atoms with Crippen LogP contribution in [0.2, 0.25) is 5.82 Å². The van der Waals surface area contributed by atoms with Crippen molar-refractivity contribution in [1.29, 1.82) is 0 Å². The van der Waals surface area contributed by atoms with Crippen molar-refractivity contribution in [3.63, 3.8) is 0 Å². The molecule has 0 amide bonds. The number of allylic oxidation sites excluding steroid dienone is 8. The number of hydrogen-bond donors (Lipinski definition) is 3. The first-order valence-corrected chi connectivity index (χ1v) is 12.8. The van der Waals surface area contributed by atoms with Gasteiger partial charge in [-0.05, 0) is 52.0 Å². The molecular formula is C27H41BF2N2O2. The van der Waals surface area contributed by atoms with Crippen LogP contribution in [0, 0.1) is 0 Å². The second kappa shape index (κ2) is 11.3. The summed E-state index contributed by atoms with van der Waals surface area (Å²) < 4.78 is 32.6. The lowest BCUT2D eigenvalue weighted by Crippen LogP contribution is -2.48. The zero-order valence-corrected chi connectivity index (χ0v) is 21.2. The summed E-state index contributed by atoms with van der Waals surface area (Å²) in [5, 5.41) is 18.6. The minimum absolute atomic E-state index is 0.230. The van der Waals surface area contributed by atoms with Crippen molar-refractivity contribution in [2.24, 2.45) is 5.73 Å². The molecule has 7 heteroatoms. The predicted octanol–water partition coefficient (Wildman–Crippen LogP) is 5.57. The van der Waals surface area contributed by atoms with Crippen molar-refractivity contribution in [3.8, 4) is 0 Å². The number of rotatable bonds is 12. The lowest BCUT2D eigenvalue weighted by Gasteiger charge is -2.37. The van der Waals surface area contributed by atoms with Gasteiger partial charge in [0.1, 0.15) is 5.71 Å². The lowest BCUT2D eigenvalue weighted by molar-refractivity contribution is -0.364. The van der Waals surface area contributed by atoms with Gasteiger partial charge in [0.15, 0.2) is 5.70 Å². The van der Waals surface area contributed by atoms with E-state index >= 15 is 8.63 Å². The van der Waals surface area contributed by atoms with Gasteiger partial charge in [0.05, 0.1) is 18.8 Å². The Hall–Kier alpha value is -1.83. The molecule has 0 fully saturated rings. The molecule has 3 rings (SSSR count). The summed E-state index contributed by atoms with van der Waals surface area (Å²) in [5.74, 6) is -0.786. The van der Waals surface area contributed by atoms with Crippen molar-refractivity contribution in [2.75, 3.05) is 6.61 Å². The second-order valence-corrected chi connectivity index (χ2v) is 10.2. The number of halogens is 2. The SMILES string of the molecule is CC1=CC(C)=[N+]2C1=C(CCCCCCCCC=C[C@@H](O)[C@@H](N)CO)C1=C(C)C=C(C)C1[B-]2(F)F. The first kappa shape index (κ1) is 26.8. The Bertz CT molecular complexity index is 975. The minimum Gasteiger partial charge on any atom is -0.412 e. The van der Waals surface area contributed by atoms with Crippen molar-refractivity contribution < 1.29 is 23.3 Å². The second-order valence-electron chi connectivity index (χ2n) is 10.2. The van der Waals surface area contributed by atoms with Crippen molar-refractivity contribution in [1.82, 2.24) is 0 Å². The van der Waals surface area contributed by atoms with Crippen LogP contribution >= 0.6 is 0 Å². The summed E-state index contributed by atoms with van der Waals surface area (Å²) >= 11 is 0. The van der Waals surface area contributed by atoms with Crippen LogP contribution in [0.25, 0.3) is 0 Å². The fraction of sp³-hybridized carbons (Fsp3) is 0.593. The summed E-state index contributed by atoms with van der Waals surface area (Å²) in [6.07, 6.45) is 14.9. The van der Waals surface area contributed by atoms with E-state index in [4.69, 9.17) is 10.8 Å². The molecule has 4 nitrogen and oxygen atoms in total. The molecule has 2 aliphatic heterocycles. The third kappa shape index (κ3) is 5.37. The monoisotopic (exact) mass is 474 g/mol. The largest absolute Gasteiger partial charge is 0.625 e. The van der Waals surface area contributed by atoms with Crippen LogP contribution in [0.5, 0.6) is 0 Å². The van der Waals surface area contributed by atoms with Crippen molar-refractivity contribution >= 4 is 12.5 Å². The van der Waals surface area contributed by atoms with E-state index in [1.807, 2.05) is 39.0 Å². The van der Waals surface area contributed by atoms with Crippen LogP contribution < -0.4 is 5.73 Å². The smallest absolute Gasteiger partial charge is 0.412 e. The fourth-order valence-corrected chi connectivity index (χ4v) is 5.86. The predicted molar refractivity (Wildman–Crippen MR) is 137 cm³/mol. The Balaban J connectivity index is 1.52. The van der Waals surface area contributed by atoms with E-state index in [0.717, 1.165) is 84.9 Å². The van der Waals surface area contributed by atoms with Gasteiger partial charge in [-0.2, -0.15) is 0 Å². The van der Waals surface area contributed by atoms with Gasteiger partial charge in [0, 0.05) is 30.0 Å². The molecule has 1 aliphatic carbocycles. The van der Waals surface area contributed by atoms with Gasteiger partial charge in [-0.25, -0.2) is 0 Å². The summed E-state index contributed by atoms with van der Waals surface area (Å²) in [6.45, 7) is 3.65. The first-order valence-electron chi connectivity index (χ1n) is 12.8. The van der Waals surface area contributed by atoms with Crippen molar-refractivity contribution in [3.05, 3.63) is 57.9 Å². The summed E-state index contributed by atoms with van der Waals surface area (Å²) in [7, 11) is 0. The van der Waals surface area contributed by atoms with Gasteiger partial charge in [0.2, 0.25) is 0 Å². The number of nitrogens with zero attached hydrogens (tertiary/aromatic N) is 1. The van der Waals surface area contributed by atoms with E-state index in [2.05, 4.69) is 0 Å². The number of nitrogens with two attached hydrogens (primary N) is 1. The molecular weight excluding hydrogens is 433 g/mol. The molecule has 34 heavy (non-hydrogen) atoms. The Morgan fingerprint density at radius 3 is 2.38 bits per heavy atom. The Morgan fingerprint density at radius 2 is 1.71 bits per heavy atom. The highest BCUT2D eigenvalue weighted by atomic mass is 19.2. The van der Waals surface area contributed by atoms with Crippen LogP contribution in [0.4, 0.5) is 8.63 Å². The maximum atomic E-state index is 15.6. The molecule has 0 radical (unpaired) electrons. The highest BCUT2D eigenvalue weighted by Crippen LogP contribution is 2.55. The molecule has 0 aromatic rings. The highest BCUT2D eigenvalue weighted by molar-refractivity contribution is 6.63. The van der Waals surface area contributed by atoms with Gasteiger partial charge in [-0.3, -0.25) is 0 Å². The molecule has 4 N–H and O–H groups in total. The zero-order valence-electron chi connectivity index (χ0n) is 21.2. The molecule has 3 aliphatic rings. The zero-order chi connectivity index (χ0) is 25.0. The van der Waals surface area contributed by atoms with Crippen molar-refractivity contribution in [2.45, 2.75) is 97.0 Å². The third-order valence-electron chi connectivity index (χ3n) is 7.48. The molecule has 0 aromatic carbocycles. The average molecular weight is 474 g/mol. The van der Waals surface area contributed by atoms with Gasteiger partial charge in [0.25, 0.3) is 0 Å². The number of hydrogen-bond acceptors (Lipinski definition) is 3. The Morgan fingerprint density at radius 1 is 1.06 bits per heavy atom. The van der Waals surface area contributed by atoms with E-state index in [1.54, 1.807) is 13.0 Å². The van der Waals surface area contributed by atoms with Crippen LogP contribution in [-0.4, -0.2) is 46.0 Å².